The number of ether oxygens (including phenoxy) is 1. The molecule has 0 amide bonds. The van der Waals surface area contributed by atoms with Gasteiger partial charge in [-0.15, -0.1) is 0 Å². The number of aliphatic hydroxyl groups is 1. The van der Waals surface area contributed by atoms with Crippen molar-refractivity contribution in [3.63, 3.8) is 0 Å². The quantitative estimate of drug-likeness (QED) is 0.0271. The summed E-state index contributed by atoms with van der Waals surface area (Å²) < 4.78 is 28.8. The molecule has 0 bridgehead atoms. The van der Waals surface area contributed by atoms with Gasteiger partial charge in [0.15, 0.2) is 18.0 Å². The van der Waals surface area contributed by atoms with Crippen LogP contribution in [0.25, 0.3) is 0 Å². The summed E-state index contributed by atoms with van der Waals surface area (Å²) in [6.07, 6.45) is 34.0. The maximum atomic E-state index is 13.0. The average molecular weight is 791 g/mol. The molecule has 322 valence electrons. The third kappa shape index (κ3) is 36.8. The summed E-state index contributed by atoms with van der Waals surface area (Å²) >= 11 is 0. The molecule has 0 saturated heterocycles. The molecule has 54 heavy (non-hydrogen) atoms. The van der Waals surface area contributed by atoms with Gasteiger partial charge in [0.1, 0.15) is 13.2 Å². The highest BCUT2D eigenvalue weighted by atomic mass is 31.2. The molecule has 2 N–H and O–H groups in total. The SMILES string of the molecule is CCCCCCCCCCCCCCCCCC(=O)O[C@@H](COP(=O)(O)OCC[N+](C)(C)C)C(O)C(=O)CCCCCCCCCCCCCCCCC. The Morgan fingerprint density at radius 2 is 0.870 bits per heavy atom. The van der Waals surface area contributed by atoms with Gasteiger partial charge in [-0.2, -0.15) is 0 Å². The molecule has 0 radical (unpaired) electrons. The fourth-order valence-corrected chi connectivity index (χ4v) is 7.44. The van der Waals surface area contributed by atoms with Crippen molar-refractivity contribution in [2.75, 3.05) is 40.9 Å². The zero-order chi connectivity index (χ0) is 40.2. The number of aliphatic hydroxyl groups excluding tert-OH is 1. The molecule has 0 heterocycles. The number of carbonyl (C=O) groups is 2. The Morgan fingerprint density at radius 3 is 1.22 bits per heavy atom. The zero-order valence-corrected chi connectivity index (χ0v) is 37.0. The average Bonchev–Trinajstić information content (AvgIpc) is 3.12. The molecule has 0 aliphatic heterocycles. The number of quaternary nitrogens is 1. The first kappa shape index (κ1) is 53.2. The Morgan fingerprint density at radius 1 is 0.537 bits per heavy atom. The molecule has 2 unspecified atom stereocenters. The predicted octanol–water partition coefficient (Wildman–Crippen LogP) is 12.2. The van der Waals surface area contributed by atoms with Gasteiger partial charge < -0.3 is 19.2 Å². The number of esters is 1. The van der Waals surface area contributed by atoms with Crippen LogP contribution in [0.4, 0.5) is 0 Å². The fraction of sp³-hybridized carbons (Fsp3) is 0.955. The lowest BCUT2D eigenvalue weighted by atomic mass is 10.0. The first-order chi connectivity index (χ1) is 25.9. The van der Waals surface area contributed by atoms with Crippen LogP contribution >= 0.6 is 7.82 Å². The first-order valence-corrected chi connectivity index (χ1v) is 24.2. The third-order valence-corrected chi connectivity index (χ3v) is 11.4. The third-order valence-electron chi connectivity index (χ3n) is 10.4. The number of likely N-dealkylation sites (N-methyl/N-ethyl adjacent to an activating group) is 1. The Kier molecular flexibility index (Phi) is 35.9. The molecular formula is C44H89NO8P+. The van der Waals surface area contributed by atoms with E-state index in [2.05, 4.69) is 13.8 Å². The van der Waals surface area contributed by atoms with Crippen LogP contribution in [0.5, 0.6) is 0 Å². The van der Waals surface area contributed by atoms with Gasteiger partial charge in [0, 0.05) is 12.8 Å². The highest BCUT2D eigenvalue weighted by Gasteiger charge is 2.33. The van der Waals surface area contributed by atoms with E-state index in [1.54, 1.807) is 0 Å². The van der Waals surface area contributed by atoms with Gasteiger partial charge in [-0.05, 0) is 12.8 Å². The van der Waals surface area contributed by atoms with Gasteiger partial charge in [-0.1, -0.05) is 194 Å². The monoisotopic (exact) mass is 791 g/mol. The highest BCUT2D eigenvalue weighted by molar-refractivity contribution is 7.47. The minimum Gasteiger partial charge on any atom is -0.457 e. The second-order valence-corrected chi connectivity index (χ2v) is 18.4. The summed E-state index contributed by atoms with van der Waals surface area (Å²) in [5.41, 5.74) is 0. The minimum absolute atomic E-state index is 0.0123. The van der Waals surface area contributed by atoms with Crippen LogP contribution in [-0.2, 0) is 27.9 Å². The van der Waals surface area contributed by atoms with E-state index < -0.39 is 38.4 Å². The number of Topliss-reactive ketones (excluding diaryl/α,β-unsaturated/α-hetero) is 1. The van der Waals surface area contributed by atoms with Crippen molar-refractivity contribution in [3.8, 4) is 0 Å². The summed E-state index contributed by atoms with van der Waals surface area (Å²) in [6.45, 7) is 4.38. The van der Waals surface area contributed by atoms with Crippen LogP contribution < -0.4 is 0 Å². The van der Waals surface area contributed by atoms with Crippen LogP contribution in [0, 0.1) is 0 Å². The van der Waals surface area contributed by atoms with Gasteiger partial charge in [0.25, 0.3) is 0 Å². The number of phosphoric ester groups is 1. The van der Waals surface area contributed by atoms with E-state index in [1.807, 2.05) is 21.1 Å². The molecule has 0 fully saturated rings. The van der Waals surface area contributed by atoms with E-state index in [4.69, 9.17) is 13.8 Å². The summed E-state index contributed by atoms with van der Waals surface area (Å²) in [5, 5.41) is 10.9. The van der Waals surface area contributed by atoms with Crippen LogP contribution in [0.3, 0.4) is 0 Å². The molecule has 10 heteroatoms. The van der Waals surface area contributed by atoms with Gasteiger partial charge in [-0.3, -0.25) is 18.6 Å². The van der Waals surface area contributed by atoms with E-state index in [9.17, 15) is 24.2 Å². The second kappa shape index (κ2) is 36.5. The Labute approximate surface area is 333 Å². The Balaban J connectivity index is 4.46. The lowest BCUT2D eigenvalue weighted by Gasteiger charge is -2.25. The second-order valence-electron chi connectivity index (χ2n) is 17.0. The lowest BCUT2D eigenvalue weighted by Crippen LogP contribution is -2.40. The molecular weight excluding hydrogens is 701 g/mol. The molecule has 0 aromatic heterocycles. The summed E-state index contributed by atoms with van der Waals surface area (Å²) in [6, 6.07) is 0. The predicted molar refractivity (Wildman–Crippen MR) is 225 cm³/mol. The Hall–Kier alpha value is -0.830. The van der Waals surface area contributed by atoms with E-state index in [-0.39, 0.29) is 19.4 Å². The smallest absolute Gasteiger partial charge is 0.457 e. The van der Waals surface area contributed by atoms with Crippen molar-refractivity contribution in [1.82, 2.24) is 0 Å². The first-order valence-electron chi connectivity index (χ1n) is 22.7. The van der Waals surface area contributed by atoms with Crippen LogP contribution in [0.2, 0.25) is 0 Å². The number of carbonyl (C=O) groups excluding carboxylic acids is 2. The number of nitrogens with zero attached hydrogens (tertiary/aromatic N) is 1. The number of phosphoric acid groups is 1. The number of ketones is 1. The normalized spacial score (nSPS) is 14.2. The van der Waals surface area contributed by atoms with Crippen molar-refractivity contribution in [1.29, 1.82) is 0 Å². The van der Waals surface area contributed by atoms with Crippen molar-refractivity contribution < 1.29 is 42.4 Å². The van der Waals surface area contributed by atoms with Gasteiger partial charge in [0.05, 0.1) is 27.7 Å². The zero-order valence-electron chi connectivity index (χ0n) is 36.1. The largest absolute Gasteiger partial charge is 0.472 e. The summed E-state index contributed by atoms with van der Waals surface area (Å²) in [4.78, 5) is 35.9. The molecule has 0 aliphatic carbocycles. The van der Waals surface area contributed by atoms with E-state index in [0.717, 1.165) is 38.5 Å². The summed E-state index contributed by atoms with van der Waals surface area (Å²) in [7, 11) is 1.32. The summed E-state index contributed by atoms with van der Waals surface area (Å²) in [5.74, 6) is -0.993. The van der Waals surface area contributed by atoms with Crippen LogP contribution in [0.1, 0.15) is 219 Å². The maximum Gasteiger partial charge on any atom is 0.472 e. The van der Waals surface area contributed by atoms with E-state index in [0.29, 0.717) is 23.9 Å². The fourth-order valence-electron chi connectivity index (χ4n) is 6.72. The molecule has 9 nitrogen and oxygen atoms in total. The minimum atomic E-state index is -4.48. The van der Waals surface area contributed by atoms with Crippen molar-refractivity contribution in [2.45, 2.75) is 232 Å². The van der Waals surface area contributed by atoms with E-state index >= 15 is 0 Å². The van der Waals surface area contributed by atoms with Crippen molar-refractivity contribution in [2.24, 2.45) is 0 Å². The van der Waals surface area contributed by atoms with Crippen LogP contribution in [0.15, 0.2) is 0 Å². The van der Waals surface area contributed by atoms with Crippen molar-refractivity contribution >= 4 is 19.6 Å². The van der Waals surface area contributed by atoms with Gasteiger partial charge >= 0.3 is 13.8 Å². The van der Waals surface area contributed by atoms with E-state index in [1.165, 1.54) is 141 Å². The molecule has 0 rings (SSSR count). The van der Waals surface area contributed by atoms with Gasteiger partial charge in [0.2, 0.25) is 0 Å². The highest BCUT2D eigenvalue weighted by Crippen LogP contribution is 2.43. The number of unbranched alkanes of at least 4 members (excludes halogenated alkanes) is 28. The molecule has 0 spiro atoms. The number of hydrogen-bond donors (Lipinski definition) is 2. The topological polar surface area (TPSA) is 119 Å². The molecule has 0 aliphatic rings. The number of rotatable bonds is 42. The molecule has 0 aromatic carbocycles. The molecule has 0 saturated carbocycles. The standard InChI is InChI=1S/C44H88NO8P/c1-6-8-10-12-14-16-18-20-22-24-26-28-30-32-34-36-41(46)44(48)42(40-52-54(49,50)51-39-38-45(3,4)5)53-43(47)37-35-33-31-29-27-25-23-21-19-17-15-13-11-9-7-2/h42,44,48H,6-40H2,1-5H3/p+1/t42-,44?/m0/s1. The van der Waals surface area contributed by atoms with Crippen LogP contribution in [-0.4, -0.2) is 79.3 Å². The van der Waals surface area contributed by atoms with Gasteiger partial charge in [-0.25, -0.2) is 4.57 Å². The lowest BCUT2D eigenvalue weighted by molar-refractivity contribution is -0.870. The molecule has 0 aromatic rings. The molecule has 3 atom stereocenters. The number of hydrogen-bond acceptors (Lipinski definition) is 7. The maximum absolute atomic E-state index is 13.0. The van der Waals surface area contributed by atoms with Crippen molar-refractivity contribution in [3.05, 3.63) is 0 Å². The Bertz CT molecular complexity index is 912.